The van der Waals surface area contributed by atoms with Gasteiger partial charge >= 0.3 is 11.6 Å². The number of ether oxygens (including phenoxy) is 2. The van der Waals surface area contributed by atoms with E-state index in [0.717, 1.165) is 6.42 Å². The van der Waals surface area contributed by atoms with Crippen molar-refractivity contribution in [1.29, 1.82) is 0 Å². The van der Waals surface area contributed by atoms with Crippen LogP contribution in [0.1, 0.15) is 18.1 Å². The lowest BCUT2D eigenvalue weighted by atomic mass is 10.1. The summed E-state index contributed by atoms with van der Waals surface area (Å²) < 4.78 is 15.6. The molecule has 0 unspecified atom stereocenters. The van der Waals surface area contributed by atoms with Gasteiger partial charge in [-0.3, -0.25) is 0 Å². The number of benzene rings is 2. The molecular formula is C20H18O6. The third-order valence-electron chi connectivity index (χ3n) is 3.89. The Morgan fingerprint density at radius 2 is 1.88 bits per heavy atom. The van der Waals surface area contributed by atoms with Crippen LogP contribution in [0, 0.1) is 0 Å². The van der Waals surface area contributed by atoms with Crippen molar-refractivity contribution in [2.45, 2.75) is 20.0 Å². The number of hydrogen-bond acceptors (Lipinski definition) is 6. The molecular weight excluding hydrogens is 336 g/mol. The van der Waals surface area contributed by atoms with Crippen LogP contribution in [-0.4, -0.2) is 17.7 Å². The topological polar surface area (TPSA) is 86.0 Å². The molecule has 0 aliphatic rings. The van der Waals surface area contributed by atoms with E-state index in [-0.39, 0.29) is 24.5 Å². The smallest absolute Gasteiger partial charge is 0.344 e. The standard InChI is InChI=1S/C20H18O6/c1-2-13-3-6-16(7-4-13)24-12-20(23)25-11-14-9-19(22)26-18-10-15(21)5-8-17(14)18/h3-10,21H,2,11-12H2,1H3. The van der Waals surface area contributed by atoms with E-state index in [0.29, 0.717) is 16.7 Å². The minimum absolute atomic E-state index is 0.0164. The molecule has 3 aromatic rings. The highest BCUT2D eigenvalue weighted by molar-refractivity contribution is 5.81. The third kappa shape index (κ3) is 4.22. The first-order valence-corrected chi connectivity index (χ1v) is 8.18. The zero-order chi connectivity index (χ0) is 18.5. The van der Waals surface area contributed by atoms with Gasteiger partial charge in [0.25, 0.3) is 0 Å². The number of fused-ring (bicyclic) bond motifs is 1. The second kappa shape index (κ2) is 7.74. The fourth-order valence-corrected chi connectivity index (χ4v) is 2.50. The molecule has 3 rings (SSSR count). The Bertz CT molecular complexity index is 972. The van der Waals surface area contributed by atoms with E-state index in [1.807, 2.05) is 12.1 Å². The van der Waals surface area contributed by atoms with Crippen LogP contribution >= 0.6 is 0 Å². The molecule has 0 atom stereocenters. The lowest BCUT2D eigenvalue weighted by molar-refractivity contribution is -0.147. The molecule has 1 heterocycles. The van der Waals surface area contributed by atoms with Gasteiger partial charge in [-0.05, 0) is 36.2 Å². The van der Waals surface area contributed by atoms with Crippen LogP contribution in [0.4, 0.5) is 0 Å². The van der Waals surface area contributed by atoms with E-state index in [9.17, 15) is 14.7 Å². The maximum atomic E-state index is 11.9. The van der Waals surface area contributed by atoms with Gasteiger partial charge in [-0.15, -0.1) is 0 Å². The monoisotopic (exact) mass is 354 g/mol. The Morgan fingerprint density at radius 1 is 1.12 bits per heavy atom. The summed E-state index contributed by atoms with van der Waals surface area (Å²) in [6.45, 7) is 1.73. The van der Waals surface area contributed by atoms with Gasteiger partial charge in [0.15, 0.2) is 6.61 Å². The van der Waals surface area contributed by atoms with Gasteiger partial charge in [0, 0.05) is 23.1 Å². The normalized spacial score (nSPS) is 10.7. The lowest BCUT2D eigenvalue weighted by Crippen LogP contribution is -2.15. The number of aryl methyl sites for hydroxylation is 1. The van der Waals surface area contributed by atoms with Crippen molar-refractivity contribution in [3.05, 3.63) is 70.1 Å². The molecule has 0 bridgehead atoms. The predicted octanol–water partition coefficient (Wildman–Crippen LogP) is 3.18. The number of carbonyl (C=O) groups excluding carboxylic acids is 1. The third-order valence-corrected chi connectivity index (χ3v) is 3.89. The second-order valence-electron chi connectivity index (χ2n) is 5.72. The summed E-state index contributed by atoms with van der Waals surface area (Å²) >= 11 is 0. The molecule has 0 saturated carbocycles. The van der Waals surface area contributed by atoms with Crippen LogP contribution in [0.25, 0.3) is 11.0 Å². The number of hydrogen-bond donors (Lipinski definition) is 1. The maximum absolute atomic E-state index is 11.9. The molecule has 0 spiro atoms. The van der Waals surface area contributed by atoms with E-state index >= 15 is 0 Å². The van der Waals surface area contributed by atoms with Crippen LogP contribution in [0.15, 0.2) is 57.7 Å². The molecule has 0 radical (unpaired) electrons. The highest BCUT2D eigenvalue weighted by Gasteiger charge is 2.10. The van der Waals surface area contributed by atoms with Gasteiger partial charge in [-0.25, -0.2) is 9.59 Å². The van der Waals surface area contributed by atoms with Crippen molar-refractivity contribution in [2.24, 2.45) is 0 Å². The van der Waals surface area contributed by atoms with Gasteiger partial charge in [-0.1, -0.05) is 19.1 Å². The number of rotatable bonds is 6. The highest BCUT2D eigenvalue weighted by atomic mass is 16.6. The summed E-state index contributed by atoms with van der Waals surface area (Å²) in [6.07, 6.45) is 0.930. The lowest BCUT2D eigenvalue weighted by Gasteiger charge is -2.09. The Kier molecular flexibility index (Phi) is 5.22. The fourth-order valence-electron chi connectivity index (χ4n) is 2.50. The number of carbonyl (C=O) groups is 1. The van der Waals surface area contributed by atoms with E-state index in [2.05, 4.69) is 6.92 Å². The number of esters is 1. The van der Waals surface area contributed by atoms with Crippen LogP contribution in [0.5, 0.6) is 11.5 Å². The molecule has 1 aromatic heterocycles. The molecule has 0 fully saturated rings. The van der Waals surface area contributed by atoms with E-state index < -0.39 is 11.6 Å². The second-order valence-corrected chi connectivity index (χ2v) is 5.72. The first-order valence-electron chi connectivity index (χ1n) is 8.18. The zero-order valence-corrected chi connectivity index (χ0v) is 14.2. The van der Waals surface area contributed by atoms with Crippen molar-refractivity contribution in [1.82, 2.24) is 0 Å². The van der Waals surface area contributed by atoms with Gasteiger partial charge in [0.1, 0.15) is 23.7 Å². The van der Waals surface area contributed by atoms with Gasteiger partial charge in [0.05, 0.1) is 0 Å². The molecule has 6 nitrogen and oxygen atoms in total. The van der Waals surface area contributed by atoms with Crippen molar-refractivity contribution < 1.29 is 23.8 Å². The molecule has 2 aromatic carbocycles. The van der Waals surface area contributed by atoms with Crippen molar-refractivity contribution >= 4 is 16.9 Å². The molecule has 134 valence electrons. The quantitative estimate of drug-likeness (QED) is 0.540. The van der Waals surface area contributed by atoms with Gasteiger partial charge in [-0.2, -0.15) is 0 Å². The van der Waals surface area contributed by atoms with Crippen molar-refractivity contribution in [3.8, 4) is 11.5 Å². The summed E-state index contributed by atoms with van der Waals surface area (Å²) in [5.41, 5.74) is 1.33. The summed E-state index contributed by atoms with van der Waals surface area (Å²) in [5, 5.41) is 10.1. The predicted molar refractivity (Wildman–Crippen MR) is 95.3 cm³/mol. The first-order chi connectivity index (χ1) is 12.5. The van der Waals surface area contributed by atoms with E-state index in [4.69, 9.17) is 13.9 Å². The SMILES string of the molecule is CCc1ccc(OCC(=O)OCc2cc(=O)oc3cc(O)ccc23)cc1. The summed E-state index contributed by atoms with van der Waals surface area (Å²) in [4.78, 5) is 23.5. The first kappa shape index (κ1) is 17.5. The minimum Gasteiger partial charge on any atom is -0.508 e. The van der Waals surface area contributed by atoms with Crippen LogP contribution in [0.2, 0.25) is 0 Å². The van der Waals surface area contributed by atoms with Gasteiger partial charge < -0.3 is 19.0 Å². The molecule has 0 aliphatic heterocycles. The number of aromatic hydroxyl groups is 1. The van der Waals surface area contributed by atoms with Crippen LogP contribution in [0.3, 0.4) is 0 Å². The molecule has 26 heavy (non-hydrogen) atoms. The molecule has 0 aliphatic carbocycles. The van der Waals surface area contributed by atoms with Crippen molar-refractivity contribution in [2.75, 3.05) is 6.61 Å². The fraction of sp³-hybridized carbons (Fsp3) is 0.200. The Labute approximate surface area is 149 Å². The molecule has 0 saturated heterocycles. The van der Waals surface area contributed by atoms with Crippen LogP contribution < -0.4 is 10.4 Å². The Morgan fingerprint density at radius 3 is 2.62 bits per heavy atom. The molecule has 0 amide bonds. The Balaban J connectivity index is 1.62. The number of phenols is 1. The summed E-state index contributed by atoms with van der Waals surface area (Å²) in [6, 6.07) is 13.1. The van der Waals surface area contributed by atoms with Crippen LogP contribution in [-0.2, 0) is 22.6 Å². The van der Waals surface area contributed by atoms with E-state index in [1.165, 1.54) is 23.8 Å². The van der Waals surface area contributed by atoms with Crippen molar-refractivity contribution in [3.63, 3.8) is 0 Å². The van der Waals surface area contributed by atoms with E-state index in [1.54, 1.807) is 18.2 Å². The summed E-state index contributed by atoms with van der Waals surface area (Å²) in [5.74, 6) is 0.0162. The average Bonchev–Trinajstić information content (AvgIpc) is 2.64. The van der Waals surface area contributed by atoms with Gasteiger partial charge in [0.2, 0.25) is 0 Å². The largest absolute Gasteiger partial charge is 0.508 e. The Hall–Kier alpha value is -3.28. The highest BCUT2D eigenvalue weighted by Crippen LogP contribution is 2.22. The summed E-state index contributed by atoms with van der Waals surface area (Å²) in [7, 11) is 0. The average molecular weight is 354 g/mol. The number of phenolic OH excluding ortho intramolecular Hbond substituents is 1. The minimum atomic E-state index is -0.582. The molecule has 6 heteroatoms. The maximum Gasteiger partial charge on any atom is 0.344 e. The molecule has 1 N–H and O–H groups in total. The zero-order valence-electron chi connectivity index (χ0n) is 14.2.